The Bertz CT molecular complexity index is 359. The molecule has 1 fully saturated rings. The largest absolute Gasteiger partial charge is 0.496 e. The summed E-state index contributed by atoms with van der Waals surface area (Å²) in [7, 11) is 1.74. The van der Waals surface area contributed by atoms with Crippen molar-refractivity contribution in [2.75, 3.05) is 7.11 Å². The fourth-order valence-corrected chi connectivity index (χ4v) is 2.42. The van der Waals surface area contributed by atoms with Gasteiger partial charge in [-0.2, -0.15) is 0 Å². The fraction of sp³-hybridized carbons (Fsp3) is 0.500. The van der Waals surface area contributed by atoms with Crippen LogP contribution in [0.3, 0.4) is 0 Å². The quantitative estimate of drug-likeness (QED) is 0.634. The molecule has 0 saturated carbocycles. The van der Waals surface area contributed by atoms with Crippen molar-refractivity contribution in [3.05, 3.63) is 29.3 Å². The number of ether oxygens (including phenoxy) is 2. The lowest BCUT2D eigenvalue weighted by Crippen LogP contribution is -1.96. The van der Waals surface area contributed by atoms with E-state index in [1.807, 2.05) is 6.07 Å². The molecule has 1 saturated heterocycles. The lowest BCUT2D eigenvalue weighted by Gasteiger charge is -2.10. The Labute approximate surface area is 83.8 Å². The van der Waals surface area contributed by atoms with E-state index in [9.17, 15) is 0 Å². The van der Waals surface area contributed by atoms with Gasteiger partial charge in [0.1, 0.15) is 11.9 Å². The van der Waals surface area contributed by atoms with Crippen molar-refractivity contribution in [1.82, 2.24) is 0 Å². The highest BCUT2D eigenvalue weighted by molar-refractivity contribution is 5.44. The van der Waals surface area contributed by atoms with E-state index < -0.39 is 0 Å². The first-order chi connectivity index (χ1) is 6.90. The Morgan fingerprint density at radius 3 is 3.21 bits per heavy atom. The van der Waals surface area contributed by atoms with Crippen LogP contribution in [0.2, 0.25) is 0 Å². The molecule has 0 amide bonds. The lowest BCUT2D eigenvalue weighted by atomic mass is 10.0. The second-order valence-electron chi connectivity index (χ2n) is 4.02. The molecule has 1 aromatic rings. The Kier molecular flexibility index (Phi) is 1.77. The molecule has 0 bridgehead atoms. The van der Waals surface area contributed by atoms with Crippen LogP contribution in [0.1, 0.15) is 30.1 Å². The average molecular weight is 190 g/mol. The summed E-state index contributed by atoms with van der Waals surface area (Å²) in [4.78, 5) is 0. The molecule has 2 aliphatic rings. The molecule has 74 valence electrons. The molecule has 0 unspecified atom stereocenters. The van der Waals surface area contributed by atoms with Gasteiger partial charge in [0.25, 0.3) is 0 Å². The van der Waals surface area contributed by atoms with Gasteiger partial charge in [0, 0.05) is 0 Å². The van der Waals surface area contributed by atoms with E-state index in [0.717, 1.165) is 12.2 Å². The molecule has 14 heavy (non-hydrogen) atoms. The van der Waals surface area contributed by atoms with Gasteiger partial charge >= 0.3 is 0 Å². The first-order valence-corrected chi connectivity index (χ1v) is 5.21. The summed E-state index contributed by atoms with van der Waals surface area (Å²) in [5.41, 5.74) is 2.71. The van der Waals surface area contributed by atoms with Crippen molar-refractivity contribution in [3.63, 3.8) is 0 Å². The van der Waals surface area contributed by atoms with Crippen LogP contribution in [0.5, 0.6) is 5.75 Å². The standard InChI is InChI=1S/C12H14O2/c1-13-10-6-3-5-9-8(10)4-2-7-11-12(9)14-11/h3,5-6,11-12H,2,4,7H2,1H3/t11-,12-/m1/s1. The van der Waals surface area contributed by atoms with Gasteiger partial charge < -0.3 is 9.47 Å². The maximum atomic E-state index is 5.63. The third kappa shape index (κ3) is 1.14. The predicted molar refractivity (Wildman–Crippen MR) is 53.5 cm³/mol. The molecule has 0 radical (unpaired) electrons. The third-order valence-electron chi connectivity index (χ3n) is 3.19. The average Bonchev–Trinajstić information content (AvgIpc) is 2.96. The molecule has 1 aliphatic carbocycles. The maximum Gasteiger partial charge on any atom is 0.122 e. The van der Waals surface area contributed by atoms with Crippen molar-refractivity contribution < 1.29 is 9.47 Å². The Morgan fingerprint density at radius 1 is 1.43 bits per heavy atom. The van der Waals surface area contributed by atoms with Crippen LogP contribution < -0.4 is 4.74 Å². The predicted octanol–water partition coefficient (Wildman–Crippen LogP) is 2.47. The van der Waals surface area contributed by atoms with E-state index in [2.05, 4.69) is 12.1 Å². The SMILES string of the molecule is COc1cccc2c1CCC[C@H]1O[C@H]21. The monoisotopic (exact) mass is 190 g/mol. The molecule has 1 aliphatic heterocycles. The van der Waals surface area contributed by atoms with Gasteiger partial charge in [-0.05, 0) is 36.5 Å². The van der Waals surface area contributed by atoms with Crippen molar-refractivity contribution in [1.29, 1.82) is 0 Å². The first-order valence-electron chi connectivity index (χ1n) is 5.21. The molecular formula is C12H14O2. The number of rotatable bonds is 1. The molecule has 3 rings (SSSR count). The Hall–Kier alpha value is -1.02. The summed E-state index contributed by atoms with van der Waals surface area (Å²) in [6.07, 6.45) is 4.40. The number of hydrogen-bond acceptors (Lipinski definition) is 2. The molecule has 0 spiro atoms. The van der Waals surface area contributed by atoms with Crippen LogP contribution in [0.4, 0.5) is 0 Å². The van der Waals surface area contributed by atoms with E-state index in [4.69, 9.17) is 9.47 Å². The van der Waals surface area contributed by atoms with E-state index in [1.165, 1.54) is 24.0 Å². The summed E-state index contributed by atoms with van der Waals surface area (Å²) < 4.78 is 11.0. The van der Waals surface area contributed by atoms with Crippen LogP contribution in [0, 0.1) is 0 Å². The van der Waals surface area contributed by atoms with Gasteiger partial charge in [-0.15, -0.1) is 0 Å². The minimum Gasteiger partial charge on any atom is -0.496 e. The minimum atomic E-state index is 0.364. The number of epoxide rings is 1. The van der Waals surface area contributed by atoms with E-state index in [1.54, 1.807) is 7.11 Å². The van der Waals surface area contributed by atoms with Gasteiger partial charge in [-0.1, -0.05) is 12.1 Å². The molecule has 1 heterocycles. The summed E-state index contributed by atoms with van der Waals surface area (Å²) in [5, 5.41) is 0. The number of methoxy groups -OCH3 is 1. The van der Waals surface area contributed by atoms with E-state index >= 15 is 0 Å². The smallest absolute Gasteiger partial charge is 0.122 e. The second-order valence-corrected chi connectivity index (χ2v) is 4.02. The number of benzene rings is 1. The van der Waals surface area contributed by atoms with Crippen LogP contribution in [-0.2, 0) is 11.2 Å². The highest BCUT2D eigenvalue weighted by Crippen LogP contribution is 2.47. The first kappa shape index (κ1) is 8.30. The summed E-state index contributed by atoms with van der Waals surface area (Å²) in [6, 6.07) is 6.27. The zero-order valence-electron chi connectivity index (χ0n) is 8.32. The molecule has 2 atom stereocenters. The zero-order chi connectivity index (χ0) is 9.54. The van der Waals surface area contributed by atoms with Gasteiger partial charge in [-0.25, -0.2) is 0 Å². The topological polar surface area (TPSA) is 21.8 Å². The molecule has 0 N–H and O–H groups in total. The van der Waals surface area contributed by atoms with Gasteiger partial charge in [0.2, 0.25) is 0 Å². The van der Waals surface area contributed by atoms with Crippen LogP contribution in [-0.4, -0.2) is 13.2 Å². The van der Waals surface area contributed by atoms with Gasteiger partial charge in [-0.3, -0.25) is 0 Å². The molecule has 0 aromatic heterocycles. The molecule has 2 heteroatoms. The highest BCUT2D eigenvalue weighted by Gasteiger charge is 2.42. The van der Waals surface area contributed by atoms with Gasteiger partial charge in [0.05, 0.1) is 13.2 Å². The maximum absolute atomic E-state index is 5.63. The normalized spacial score (nSPS) is 28.6. The number of hydrogen-bond donors (Lipinski definition) is 0. The fourth-order valence-electron chi connectivity index (χ4n) is 2.42. The molecular weight excluding hydrogens is 176 g/mol. The van der Waals surface area contributed by atoms with Crippen LogP contribution in [0.25, 0.3) is 0 Å². The van der Waals surface area contributed by atoms with Crippen LogP contribution >= 0.6 is 0 Å². The van der Waals surface area contributed by atoms with Crippen molar-refractivity contribution >= 4 is 0 Å². The molecule has 1 aromatic carbocycles. The third-order valence-corrected chi connectivity index (χ3v) is 3.19. The minimum absolute atomic E-state index is 0.364. The molecule has 2 nitrogen and oxygen atoms in total. The summed E-state index contributed by atoms with van der Waals surface area (Å²) >= 11 is 0. The van der Waals surface area contributed by atoms with Crippen molar-refractivity contribution in [2.24, 2.45) is 0 Å². The van der Waals surface area contributed by atoms with Gasteiger partial charge in [0.15, 0.2) is 0 Å². The number of fused-ring (bicyclic) bond motifs is 3. The van der Waals surface area contributed by atoms with E-state index in [0.29, 0.717) is 12.2 Å². The second kappa shape index (κ2) is 2.99. The lowest BCUT2D eigenvalue weighted by molar-refractivity contribution is 0.353. The summed E-state index contributed by atoms with van der Waals surface area (Å²) in [5.74, 6) is 1.03. The van der Waals surface area contributed by atoms with E-state index in [-0.39, 0.29) is 0 Å². The zero-order valence-corrected chi connectivity index (χ0v) is 8.32. The Balaban J connectivity index is 2.09. The van der Waals surface area contributed by atoms with Crippen LogP contribution in [0.15, 0.2) is 18.2 Å². The van der Waals surface area contributed by atoms with Crippen molar-refractivity contribution in [3.8, 4) is 5.75 Å². The highest BCUT2D eigenvalue weighted by atomic mass is 16.6. The summed E-state index contributed by atoms with van der Waals surface area (Å²) in [6.45, 7) is 0. The Morgan fingerprint density at radius 2 is 2.36 bits per heavy atom. The van der Waals surface area contributed by atoms with Crippen molar-refractivity contribution in [2.45, 2.75) is 31.5 Å².